The van der Waals surface area contributed by atoms with Crippen molar-refractivity contribution in [2.75, 3.05) is 6.54 Å². The fourth-order valence-corrected chi connectivity index (χ4v) is 3.41. The monoisotopic (exact) mass is 245 g/mol. The van der Waals surface area contributed by atoms with Gasteiger partial charge in [-0.3, -0.25) is 0 Å². The van der Waals surface area contributed by atoms with Crippen LogP contribution >= 0.6 is 0 Å². The molecule has 2 rings (SSSR count). The first-order valence-corrected chi connectivity index (χ1v) is 7.49. The standard InChI is InChI=1S/C17H27N/c1-4-18-16-10-6-9-15(11-16)12-17-13(2)7-5-8-14(17)3/h5,7-8,15-16,18H,4,6,9-12H2,1-3H3. The molecule has 100 valence electrons. The summed E-state index contributed by atoms with van der Waals surface area (Å²) < 4.78 is 0. The molecule has 0 saturated heterocycles. The lowest BCUT2D eigenvalue weighted by Gasteiger charge is -2.30. The third-order valence-electron chi connectivity index (χ3n) is 4.41. The van der Waals surface area contributed by atoms with E-state index >= 15 is 0 Å². The fourth-order valence-electron chi connectivity index (χ4n) is 3.41. The van der Waals surface area contributed by atoms with Gasteiger partial charge in [-0.1, -0.05) is 38.0 Å². The van der Waals surface area contributed by atoms with Crippen LogP contribution in [0.1, 0.15) is 49.3 Å². The summed E-state index contributed by atoms with van der Waals surface area (Å²) in [4.78, 5) is 0. The van der Waals surface area contributed by atoms with Crippen LogP contribution in [-0.4, -0.2) is 12.6 Å². The maximum absolute atomic E-state index is 3.63. The van der Waals surface area contributed by atoms with E-state index in [2.05, 4.69) is 44.3 Å². The van der Waals surface area contributed by atoms with Crippen molar-refractivity contribution >= 4 is 0 Å². The highest BCUT2D eigenvalue weighted by Crippen LogP contribution is 2.29. The normalized spacial score (nSPS) is 24.2. The number of hydrogen-bond donors (Lipinski definition) is 1. The van der Waals surface area contributed by atoms with E-state index in [0.29, 0.717) is 0 Å². The predicted molar refractivity (Wildman–Crippen MR) is 79.0 cm³/mol. The Balaban J connectivity index is 2.00. The highest BCUT2D eigenvalue weighted by atomic mass is 14.9. The highest BCUT2D eigenvalue weighted by molar-refractivity contribution is 5.33. The van der Waals surface area contributed by atoms with E-state index in [9.17, 15) is 0 Å². The van der Waals surface area contributed by atoms with Crippen LogP contribution in [0.25, 0.3) is 0 Å². The second-order valence-electron chi connectivity index (χ2n) is 5.86. The average Bonchev–Trinajstić information content (AvgIpc) is 2.35. The number of nitrogens with one attached hydrogen (secondary N) is 1. The van der Waals surface area contributed by atoms with Gasteiger partial charge >= 0.3 is 0 Å². The molecule has 1 fully saturated rings. The molecule has 1 aromatic carbocycles. The van der Waals surface area contributed by atoms with Crippen molar-refractivity contribution in [1.82, 2.24) is 5.32 Å². The lowest BCUT2D eigenvalue weighted by Crippen LogP contribution is -2.34. The Morgan fingerprint density at radius 2 is 1.89 bits per heavy atom. The molecule has 0 bridgehead atoms. The summed E-state index contributed by atoms with van der Waals surface area (Å²) in [6.45, 7) is 7.84. The molecule has 1 aliphatic carbocycles. The average molecular weight is 245 g/mol. The molecule has 1 saturated carbocycles. The molecule has 18 heavy (non-hydrogen) atoms. The third kappa shape index (κ3) is 3.35. The number of benzene rings is 1. The summed E-state index contributed by atoms with van der Waals surface area (Å²) in [7, 11) is 0. The molecular formula is C17H27N. The van der Waals surface area contributed by atoms with Crippen LogP contribution in [-0.2, 0) is 6.42 Å². The Hall–Kier alpha value is -0.820. The van der Waals surface area contributed by atoms with Gasteiger partial charge in [-0.05, 0) is 62.3 Å². The van der Waals surface area contributed by atoms with Gasteiger partial charge in [0, 0.05) is 6.04 Å². The Morgan fingerprint density at radius 1 is 1.17 bits per heavy atom. The molecule has 0 radical (unpaired) electrons. The number of aryl methyl sites for hydroxylation is 2. The zero-order valence-corrected chi connectivity index (χ0v) is 12.1. The van der Waals surface area contributed by atoms with Crippen molar-refractivity contribution < 1.29 is 0 Å². The van der Waals surface area contributed by atoms with Crippen molar-refractivity contribution in [2.45, 2.75) is 58.9 Å². The molecule has 1 nitrogen and oxygen atoms in total. The Labute approximate surface area is 112 Å². The zero-order chi connectivity index (χ0) is 13.0. The van der Waals surface area contributed by atoms with E-state index in [1.807, 2.05) is 0 Å². The van der Waals surface area contributed by atoms with Gasteiger partial charge in [0.25, 0.3) is 0 Å². The largest absolute Gasteiger partial charge is 0.314 e. The zero-order valence-electron chi connectivity index (χ0n) is 12.1. The molecule has 1 N–H and O–H groups in total. The first-order chi connectivity index (χ1) is 8.70. The Kier molecular flexibility index (Phi) is 4.82. The van der Waals surface area contributed by atoms with Crippen LogP contribution < -0.4 is 5.32 Å². The number of hydrogen-bond acceptors (Lipinski definition) is 1. The van der Waals surface area contributed by atoms with Gasteiger partial charge in [-0.15, -0.1) is 0 Å². The van der Waals surface area contributed by atoms with E-state index in [1.54, 1.807) is 5.56 Å². The van der Waals surface area contributed by atoms with Gasteiger partial charge in [-0.25, -0.2) is 0 Å². The summed E-state index contributed by atoms with van der Waals surface area (Å²) in [6.07, 6.45) is 6.82. The van der Waals surface area contributed by atoms with Gasteiger partial charge in [0.2, 0.25) is 0 Å². The van der Waals surface area contributed by atoms with Crippen molar-refractivity contribution in [3.05, 3.63) is 34.9 Å². The minimum Gasteiger partial charge on any atom is -0.314 e. The number of rotatable bonds is 4. The van der Waals surface area contributed by atoms with Crippen molar-refractivity contribution in [3.8, 4) is 0 Å². The summed E-state index contributed by atoms with van der Waals surface area (Å²) in [6, 6.07) is 7.45. The summed E-state index contributed by atoms with van der Waals surface area (Å²) in [5.41, 5.74) is 4.54. The van der Waals surface area contributed by atoms with Gasteiger partial charge in [-0.2, -0.15) is 0 Å². The molecule has 0 aromatic heterocycles. The topological polar surface area (TPSA) is 12.0 Å². The van der Waals surface area contributed by atoms with Gasteiger partial charge in [0.1, 0.15) is 0 Å². The van der Waals surface area contributed by atoms with E-state index in [1.165, 1.54) is 43.2 Å². The van der Waals surface area contributed by atoms with Gasteiger partial charge < -0.3 is 5.32 Å². The van der Waals surface area contributed by atoms with E-state index in [-0.39, 0.29) is 0 Å². The van der Waals surface area contributed by atoms with E-state index < -0.39 is 0 Å². The fraction of sp³-hybridized carbons (Fsp3) is 0.647. The first-order valence-electron chi connectivity index (χ1n) is 7.49. The van der Waals surface area contributed by atoms with E-state index in [0.717, 1.165) is 18.5 Å². The summed E-state index contributed by atoms with van der Waals surface area (Å²) >= 11 is 0. The molecule has 1 aromatic rings. The molecule has 1 heteroatoms. The maximum atomic E-state index is 3.63. The highest BCUT2D eigenvalue weighted by Gasteiger charge is 2.22. The first kappa shape index (κ1) is 13.6. The molecular weight excluding hydrogens is 218 g/mol. The minimum atomic E-state index is 0.762. The van der Waals surface area contributed by atoms with Crippen LogP contribution in [0.4, 0.5) is 0 Å². The molecule has 1 aliphatic rings. The SMILES string of the molecule is CCNC1CCCC(Cc2c(C)cccc2C)C1. The quantitative estimate of drug-likeness (QED) is 0.845. The van der Waals surface area contributed by atoms with Crippen LogP contribution in [0.3, 0.4) is 0 Å². The molecule has 0 aliphatic heterocycles. The second-order valence-corrected chi connectivity index (χ2v) is 5.86. The van der Waals surface area contributed by atoms with Crippen LogP contribution in [0.5, 0.6) is 0 Å². The van der Waals surface area contributed by atoms with Crippen molar-refractivity contribution in [2.24, 2.45) is 5.92 Å². The molecule has 2 unspecified atom stereocenters. The molecule has 0 heterocycles. The summed E-state index contributed by atoms with van der Waals surface area (Å²) in [5.74, 6) is 0.877. The minimum absolute atomic E-state index is 0.762. The van der Waals surface area contributed by atoms with Crippen LogP contribution in [0.2, 0.25) is 0 Å². The molecule has 2 atom stereocenters. The molecule has 0 spiro atoms. The summed E-state index contributed by atoms with van der Waals surface area (Å²) in [5, 5.41) is 3.63. The Bertz CT molecular complexity index is 361. The van der Waals surface area contributed by atoms with Gasteiger partial charge in [0.05, 0.1) is 0 Å². The Morgan fingerprint density at radius 3 is 2.56 bits per heavy atom. The van der Waals surface area contributed by atoms with E-state index in [4.69, 9.17) is 0 Å². The van der Waals surface area contributed by atoms with Gasteiger partial charge in [0.15, 0.2) is 0 Å². The lowest BCUT2D eigenvalue weighted by atomic mass is 9.80. The van der Waals surface area contributed by atoms with Crippen LogP contribution in [0, 0.1) is 19.8 Å². The second kappa shape index (κ2) is 6.38. The smallest absolute Gasteiger partial charge is 0.00697 e. The predicted octanol–water partition coefficient (Wildman–Crippen LogP) is 4.01. The maximum Gasteiger partial charge on any atom is 0.00697 e. The third-order valence-corrected chi connectivity index (χ3v) is 4.41. The van der Waals surface area contributed by atoms with Crippen LogP contribution in [0.15, 0.2) is 18.2 Å². The van der Waals surface area contributed by atoms with Crippen molar-refractivity contribution in [3.63, 3.8) is 0 Å². The molecule has 0 amide bonds. The van der Waals surface area contributed by atoms with Crippen molar-refractivity contribution in [1.29, 1.82) is 0 Å². The lowest BCUT2D eigenvalue weighted by molar-refractivity contribution is 0.286.